The maximum atomic E-state index is 5.41. The molecule has 0 saturated carbocycles. The molecule has 0 fully saturated rings. The van der Waals surface area contributed by atoms with Crippen LogP contribution in [0.2, 0.25) is 0 Å². The van der Waals surface area contributed by atoms with Crippen LogP contribution in [0.4, 0.5) is 0 Å². The van der Waals surface area contributed by atoms with Crippen molar-refractivity contribution in [3.8, 4) is 79.6 Å². The van der Waals surface area contributed by atoms with E-state index in [2.05, 4.69) is 185 Å². The van der Waals surface area contributed by atoms with E-state index >= 15 is 0 Å². The average Bonchev–Trinajstić information content (AvgIpc) is 4.28. The minimum atomic E-state index is 0.532. The van der Waals surface area contributed by atoms with Crippen molar-refractivity contribution in [2.75, 3.05) is 0 Å². The van der Waals surface area contributed by atoms with Crippen molar-refractivity contribution in [1.29, 1.82) is 0 Å². The monoisotopic (exact) mass is 1020 g/mol. The maximum absolute atomic E-state index is 5.41. The van der Waals surface area contributed by atoms with E-state index < -0.39 is 0 Å². The molecule has 9 aromatic carbocycles. The van der Waals surface area contributed by atoms with E-state index in [1.54, 1.807) is 0 Å². The molecule has 0 N–H and O–H groups in total. The molecule has 0 aliphatic carbocycles. The minimum Gasteiger partial charge on any atom is -0.292 e. The first kappa shape index (κ1) is 45.1. The Morgan fingerprint density at radius 1 is 0.237 bits per heavy atom. The van der Waals surface area contributed by atoms with Crippen LogP contribution in [0.15, 0.2) is 249 Å². The molecule has 0 saturated heterocycles. The first-order valence-electron chi connectivity index (χ1n) is 26.4. The zero-order valence-electron chi connectivity index (χ0n) is 42.6. The molecule has 0 aliphatic heterocycles. The molecule has 0 bridgehead atoms. The number of rotatable bonds is 8. The van der Waals surface area contributed by atoms with Gasteiger partial charge in [0.15, 0.2) is 17.5 Å². The van der Waals surface area contributed by atoms with Gasteiger partial charge in [-0.15, -0.1) is 0 Å². The predicted molar refractivity (Wildman–Crippen MR) is 320 cm³/mol. The van der Waals surface area contributed by atoms with E-state index in [0.717, 1.165) is 138 Å². The van der Waals surface area contributed by atoms with Gasteiger partial charge in [-0.25, -0.2) is 24.9 Å². The molecule has 7 aromatic heterocycles. The van der Waals surface area contributed by atoms with Crippen LogP contribution in [0, 0.1) is 0 Å². The summed E-state index contributed by atoms with van der Waals surface area (Å²) in [4.78, 5) is 45.9. The molecule has 0 unspecified atom stereocenters. The number of imidazole rings is 2. The van der Waals surface area contributed by atoms with Crippen LogP contribution in [0.5, 0.6) is 0 Å². The molecule has 0 aliphatic rings. The molecule has 80 heavy (non-hydrogen) atoms. The second-order valence-electron chi connectivity index (χ2n) is 19.8. The lowest BCUT2D eigenvalue weighted by Gasteiger charge is -2.14. The van der Waals surface area contributed by atoms with Crippen molar-refractivity contribution in [1.82, 2.24) is 54.0 Å². The van der Waals surface area contributed by atoms with Gasteiger partial charge in [0.05, 0.1) is 44.3 Å². The summed E-state index contributed by atoms with van der Waals surface area (Å²) in [6.45, 7) is 0. The van der Waals surface area contributed by atoms with Gasteiger partial charge in [0.2, 0.25) is 0 Å². The zero-order chi connectivity index (χ0) is 52.7. The predicted octanol–water partition coefficient (Wildman–Crippen LogP) is 15.9. The smallest absolute Gasteiger partial charge is 0.164 e. The average molecular weight is 1020 g/mol. The standard InChI is InChI=1S/C69H41N11/c1-3-15-47(16-4-1)68-74-61-54-22-11-38-70-58(54)52-20-9-10-21-53(52)63(61)79(68)49-33-29-45(30-34-49)66-76-65(44-27-25-43(26-28-44)57-51-19-8-7-14-42(51)37-41-73-57)77-67(78-66)46-31-35-50(36-32-46)80-64-56-24-13-40-72-60(56)59-55(23-12-39-71-59)62(64)75-69(80)48-17-5-2-6-18-48/h1-41H. The van der Waals surface area contributed by atoms with Gasteiger partial charge in [0.1, 0.15) is 11.6 Å². The summed E-state index contributed by atoms with van der Waals surface area (Å²) < 4.78 is 4.50. The highest BCUT2D eigenvalue weighted by Gasteiger charge is 2.24. The van der Waals surface area contributed by atoms with Gasteiger partial charge in [0.25, 0.3) is 0 Å². The molecule has 372 valence electrons. The van der Waals surface area contributed by atoms with Crippen molar-refractivity contribution in [3.63, 3.8) is 0 Å². The topological polar surface area (TPSA) is 126 Å². The van der Waals surface area contributed by atoms with Crippen LogP contribution in [0.1, 0.15) is 0 Å². The van der Waals surface area contributed by atoms with Crippen molar-refractivity contribution >= 4 is 76.3 Å². The maximum Gasteiger partial charge on any atom is 0.164 e. The Kier molecular flexibility index (Phi) is 10.3. The molecule has 0 spiro atoms. The Hall–Kier alpha value is -11.2. The van der Waals surface area contributed by atoms with Crippen LogP contribution in [-0.2, 0) is 0 Å². The van der Waals surface area contributed by atoms with Crippen molar-refractivity contribution in [2.24, 2.45) is 0 Å². The Balaban J connectivity index is 0.855. The van der Waals surface area contributed by atoms with Crippen LogP contribution < -0.4 is 0 Å². The number of hydrogen-bond donors (Lipinski definition) is 0. The van der Waals surface area contributed by atoms with Crippen LogP contribution >= 0.6 is 0 Å². The molecule has 0 atom stereocenters. The number of nitrogens with zero attached hydrogens (tertiary/aromatic N) is 11. The van der Waals surface area contributed by atoms with Crippen LogP contribution in [0.25, 0.3) is 156 Å². The van der Waals surface area contributed by atoms with E-state index in [1.165, 1.54) is 0 Å². The van der Waals surface area contributed by atoms with Gasteiger partial charge in [-0.1, -0.05) is 133 Å². The van der Waals surface area contributed by atoms with Gasteiger partial charge >= 0.3 is 0 Å². The van der Waals surface area contributed by atoms with E-state index in [-0.39, 0.29) is 0 Å². The summed E-state index contributed by atoms with van der Waals surface area (Å²) >= 11 is 0. The molecular formula is C69H41N11. The molecule has 7 heterocycles. The third kappa shape index (κ3) is 7.25. The fourth-order valence-corrected chi connectivity index (χ4v) is 11.5. The summed E-state index contributed by atoms with van der Waals surface area (Å²) in [6.07, 6.45) is 7.35. The Bertz CT molecular complexity index is 4830. The van der Waals surface area contributed by atoms with Crippen molar-refractivity contribution in [3.05, 3.63) is 249 Å². The number of pyridine rings is 4. The summed E-state index contributed by atoms with van der Waals surface area (Å²) in [6, 6.07) is 76.9. The quantitative estimate of drug-likeness (QED) is 0.137. The van der Waals surface area contributed by atoms with Gasteiger partial charge < -0.3 is 0 Å². The van der Waals surface area contributed by atoms with E-state index in [4.69, 9.17) is 44.9 Å². The van der Waals surface area contributed by atoms with Gasteiger partial charge in [-0.3, -0.25) is 29.1 Å². The normalized spacial score (nSPS) is 11.8. The Morgan fingerprint density at radius 3 is 1.21 bits per heavy atom. The zero-order valence-corrected chi connectivity index (χ0v) is 42.6. The number of aromatic nitrogens is 11. The molecule has 0 radical (unpaired) electrons. The largest absolute Gasteiger partial charge is 0.292 e. The van der Waals surface area contributed by atoms with Crippen LogP contribution in [0.3, 0.4) is 0 Å². The lowest BCUT2D eigenvalue weighted by molar-refractivity contribution is 1.07. The number of benzene rings is 9. The van der Waals surface area contributed by atoms with Gasteiger partial charge in [0, 0.05) is 102 Å². The molecule has 0 amide bonds. The van der Waals surface area contributed by atoms with E-state index in [9.17, 15) is 0 Å². The van der Waals surface area contributed by atoms with Gasteiger partial charge in [-0.2, -0.15) is 0 Å². The minimum absolute atomic E-state index is 0.532. The highest BCUT2D eigenvalue weighted by Crippen LogP contribution is 2.41. The van der Waals surface area contributed by atoms with Gasteiger partial charge in [-0.05, 0) is 96.4 Å². The highest BCUT2D eigenvalue weighted by atomic mass is 15.1. The first-order chi connectivity index (χ1) is 39.7. The fraction of sp³-hybridized carbons (Fsp3) is 0. The van der Waals surface area contributed by atoms with Crippen molar-refractivity contribution < 1.29 is 0 Å². The molecular weight excluding hydrogens is 983 g/mol. The molecule has 16 rings (SSSR count). The third-order valence-electron chi connectivity index (χ3n) is 15.2. The third-order valence-corrected chi connectivity index (χ3v) is 15.2. The summed E-state index contributed by atoms with van der Waals surface area (Å²) in [7, 11) is 0. The second-order valence-corrected chi connectivity index (χ2v) is 19.8. The fourth-order valence-electron chi connectivity index (χ4n) is 11.5. The van der Waals surface area contributed by atoms with Crippen molar-refractivity contribution in [2.45, 2.75) is 0 Å². The second kappa shape index (κ2) is 18.3. The highest BCUT2D eigenvalue weighted by molar-refractivity contribution is 6.23. The first-order valence-corrected chi connectivity index (χ1v) is 26.4. The summed E-state index contributed by atoms with van der Waals surface area (Å²) in [5.74, 6) is 3.25. The van der Waals surface area contributed by atoms with Crippen LogP contribution in [-0.4, -0.2) is 54.0 Å². The lowest BCUT2D eigenvalue weighted by Crippen LogP contribution is -2.02. The summed E-state index contributed by atoms with van der Waals surface area (Å²) in [5.41, 5.74) is 14.5. The van der Waals surface area contributed by atoms with E-state index in [0.29, 0.717) is 17.5 Å². The Labute approximate surface area is 456 Å². The SMILES string of the molecule is c1ccc(-c2nc3c4cccnc4c4ccccc4c3n2-c2ccc(-c3nc(-c4ccc(-c5nccc6ccccc56)cc4)nc(-c4ccc(-n5c(-c6ccccc6)nc6c7cccnc7c7ncccc7c65)cc4)n3)cc2)cc1. The van der Waals surface area contributed by atoms with E-state index in [1.807, 2.05) is 73.3 Å². The number of fused-ring (bicyclic) bond motifs is 13. The lowest BCUT2D eigenvalue weighted by atomic mass is 10.0. The Morgan fingerprint density at radius 2 is 0.650 bits per heavy atom. The molecule has 11 nitrogen and oxygen atoms in total. The summed E-state index contributed by atoms with van der Waals surface area (Å²) in [5, 5.41) is 7.27. The molecule has 16 aromatic rings. The number of hydrogen-bond acceptors (Lipinski definition) is 9. The molecule has 11 heteroatoms.